The van der Waals surface area contributed by atoms with Crippen LogP contribution in [0.2, 0.25) is 0 Å². The Bertz CT molecular complexity index is 896. The summed E-state index contributed by atoms with van der Waals surface area (Å²) in [6.45, 7) is 7.04. The molecule has 0 fully saturated rings. The van der Waals surface area contributed by atoms with Gasteiger partial charge in [0.1, 0.15) is 10.6 Å². The van der Waals surface area contributed by atoms with E-state index >= 15 is 0 Å². The number of amides is 1. The Morgan fingerprint density at radius 2 is 1.79 bits per heavy atom. The van der Waals surface area contributed by atoms with E-state index < -0.39 is 24.5 Å². The predicted molar refractivity (Wildman–Crippen MR) is 110 cm³/mol. The number of carbonyl (C=O) groups is 3. The Kier molecular flexibility index (Phi) is 7.52. The molecule has 6 nitrogen and oxygen atoms in total. The van der Waals surface area contributed by atoms with Crippen LogP contribution >= 0.6 is 11.3 Å². The summed E-state index contributed by atoms with van der Waals surface area (Å²) in [5.74, 6) is -1.64. The number of anilines is 1. The molecule has 1 N–H and O–H groups in total. The molecule has 0 aliphatic heterocycles. The molecule has 0 bridgehead atoms. The van der Waals surface area contributed by atoms with Crippen molar-refractivity contribution in [1.29, 1.82) is 0 Å². The third-order valence-electron chi connectivity index (χ3n) is 3.81. The van der Waals surface area contributed by atoms with E-state index in [2.05, 4.69) is 5.32 Å². The summed E-state index contributed by atoms with van der Waals surface area (Å²) >= 11 is 1.28. The van der Waals surface area contributed by atoms with Crippen LogP contribution in [0.25, 0.3) is 11.1 Å². The van der Waals surface area contributed by atoms with E-state index in [0.717, 1.165) is 21.6 Å². The van der Waals surface area contributed by atoms with E-state index in [9.17, 15) is 14.4 Å². The maximum Gasteiger partial charge on any atom is 0.341 e. The number of thiophene rings is 1. The van der Waals surface area contributed by atoms with Crippen LogP contribution in [0.1, 0.15) is 34.6 Å². The fourth-order valence-corrected chi connectivity index (χ4v) is 3.66. The standard InChI is InChI=1S/C21H23NO5S/c1-5-7-17(24)27-12-16(23)22-20-19(21(25)26-6-2)18(14(4)28-20)15-10-8-13(3)9-11-15/h5,7-11H,6,12H2,1-4H3,(H,22,23)/b7-5+. The van der Waals surface area contributed by atoms with Gasteiger partial charge in [0, 0.05) is 16.5 Å². The fourth-order valence-electron chi connectivity index (χ4n) is 2.58. The average Bonchev–Trinajstić information content (AvgIpc) is 2.97. The molecule has 0 atom stereocenters. The van der Waals surface area contributed by atoms with Gasteiger partial charge in [-0.2, -0.15) is 0 Å². The Labute approximate surface area is 168 Å². The fraction of sp³-hybridized carbons (Fsp3) is 0.286. The van der Waals surface area contributed by atoms with Crippen molar-refractivity contribution in [1.82, 2.24) is 0 Å². The molecule has 7 heteroatoms. The quantitative estimate of drug-likeness (QED) is 0.554. The van der Waals surface area contributed by atoms with Gasteiger partial charge in [-0.3, -0.25) is 4.79 Å². The molecule has 148 valence electrons. The number of ether oxygens (including phenoxy) is 2. The largest absolute Gasteiger partial charge is 0.462 e. The molecule has 0 aliphatic carbocycles. The van der Waals surface area contributed by atoms with Crippen LogP contribution < -0.4 is 5.32 Å². The number of esters is 2. The van der Waals surface area contributed by atoms with E-state index in [1.165, 1.54) is 23.5 Å². The highest BCUT2D eigenvalue weighted by molar-refractivity contribution is 7.17. The summed E-state index contributed by atoms with van der Waals surface area (Å²) in [5, 5.41) is 3.04. The number of allylic oxidation sites excluding steroid dienone is 1. The number of rotatable bonds is 7. The SMILES string of the molecule is C/C=C/C(=O)OCC(=O)Nc1sc(C)c(-c2ccc(C)cc2)c1C(=O)OCC. The molecule has 0 saturated carbocycles. The van der Waals surface area contributed by atoms with Crippen molar-refractivity contribution in [3.8, 4) is 11.1 Å². The third-order valence-corrected chi connectivity index (χ3v) is 4.83. The first-order valence-corrected chi connectivity index (χ1v) is 9.65. The van der Waals surface area contributed by atoms with Crippen molar-refractivity contribution in [2.75, 3.05) is 18.5 Å². The minimum absolute atomic E-state index is 0.218. The van der Waals surface area contributed by atoms with Crippen molar-refractivity contribution in [3.63, 3.8) is 0 Å². The minimum atomic E-state index is -0.606. The summed E-state index contributed by atoms with van der Waals surface area (Å²) in [6, 6.07) is 7.77. The smallest absolute Gasteiger partial charge is 0.341 e. The molecule has 28 heavy (non-hydrogen) atoms. The van der Waals surface area contributed by atoms with Gasteiger partial charge in [-0.15, -0.1) is 11.3 Å². The number of nitrogens with one attached hydrogen (secondary N) is 1. The maximum atomic E-state index is 12.6. The molecule has 0 unspecified atom stereocenters. The molecule has 1 heterocycles. The average molecular weight is 401 g/mol. The highest BCUT2D eigenvalue weighted by Crippen LogP contribution is 2.40. The number of hydrogen-bond acceptors (Lipinski definition) is 6. The van der Waals surface area contributed by atoms with Crippen molar-refractivity contribution < 1.29 is 23.9 Å². The first-order valence-electron chi connectivity index (χ1n) is 8.84. The molecule has 0 spiro atoms. The predicted octanol–water partition coefficient (Wildman–Crippen LogP) is 4.27. The zero-order valence-electron chi connectivity index (χ0n) is 16.3. The Morgan fingerprint density at radius 1 is 1.11 bits per heavy atom. The van der Waals surface area contributed by atoms with Crippen molar-refractivity contribution in [2.45, 2.75) is 27.7 Å². The molecule has 2 aromatic rings. The monoisotopic (exact) mass is 401 g/mol. The van der Waals surface area contributed by atoms with E-state index in [1.807, 2.05) is 38.1 Å². The highest BCUT2D eigenvalue weighted by Gasteiger charge is 2.25. The summed E-state index contributed by atoms with van der Waals surface area (Å²) < 4.78 is 10.1. The van der Waals surface area contributed by atoms with Gasteiger partial charge < -0.3 is 14.8 Å². The van der Waals surface area contributed by atoms with E-state index in [4.69, 9.17) is 9.47 Å². The Morgan fingerprint density at radius 3 is 2.39 bits per heavy atom. The van der Waals surface area contributed by atoms with E-state index in [0.29, 0.717) is 10.6 Å². The molecule has 0 saturated heterocycles. The lowest BCUT2D eigenvalue weighted by Gasteiger charge is -2.09. The second kappa shape index (κ2) is 9.85. The van der Waals surface area contributed by atoms with Crippen LogP contribution in [0, 0.1) is 13.8 Å². The van der Waals surface area contributed by atoms with Crippen LogP contribution in [0.5, 0.6) is 0 Å². The van der Waals surface area contributed by atoms with Gasteiger partial charge in [0.2, 0.25) is 0 Å². The lowest BCUT2D eigenvalue weighted by atomic mass is 10.0. The third kappa shape index (κ3) is 5.29. The van der Waals surface area contributed by atoms with Gasteiger partial charge >= 0.3 is 11.9 Å². The van der Waals surface area contributed by atoms with Crippen LogP contribution in [0.3, 0.4) is 0 Å². The van der Waals surface area contributed by atoms with Gasteiger partial charge in [0.05, 0.1) is 6.61 Å². The van der Waals surface area contributed by atoms with Crippen LogP contribution in [-0.4, -0.2) is 31.1 Å². The molecule has 1 amide bonds. The zero-order chi connectivity index (χ0) is 20.7. The van der Waals surface area contributed by atoms with Gasteiger partial charge in [0.25, 0.3) is 5.91 Å². The molecule has 1 aromatic heterocycles. The second-order valence-electron chi connectivity index (χ2n) is 5.98. The molecule has 1 aromatic carbocycles. The first-order chi connectivity index (χ1) is 13.4. The molecular weight excluding hydrogens is 378 g/mol. The first kappa shape index (κ1) is 21.4. The molecule has 2 rings (SSSR count). The topological polar surface area (TPSA) is 81.7 Å². The summed E-state index contributed by atoms with van der Waals surface area (Å²) in [7, 11) is 0. The van der Waals surface area contributed by atoms with Crippen molar-refractivity contribution in [3.05, 3.63) is 52.4 Å². The van der Waals surface area contributed by atoms with E-state index in [1.54, 1.807) is 13.8 Å². The van der Waals surface area contributed by atoms with Gasteiger partial charge in [0.15, 0.2) is 6.61 Å². The van der Waals surface area contributed by atoms with Gasteiger partial charge in [-0.25, -0.2) is 9.59 Å². The minimum Gasteiger partial charge on any atom is -0.462 e. The van der Waals surface area contributed by atoms with Crippen molar-refractivity contribution >= 4 is 34.2 Å². The maximum absolute atomic E-state index is 12.6. The number of carbonyl (C=O) groups excluding carboxylic acids is 3. The summed E-state index contributed by atoms with van der Waals surface area (Å²) in [5.41, 5.74) is 3.00. The Balaban J connectivity index is 2.34. The summed E-state index contributed by atoms with van der Waals surface area (Å²) in [6.07, 6.45) is 2.75. The number of hydrogen-bond donors (Lipinski definition) is 1. The molecule has 0 aliphatic rings. The highest BCUT2D eigenvalue weighted by atomic mass is 32.1. The second-order valence-corrected chi connectivity index (χ2v) is 7.20. The lowest BCUT2D eigenvalue weighted by Crippen LogP contribution is -2.21. The van der Waals surface area contributed by atoms with Gasteiger partial charge in [-0.05, 0) is 33.3 Å². The van der Waals surface area contributed by atoms with Crippen LogP contribution in [0.4, 0.5) is 5.00 Å². The van der Waals surface area contributed by atoms with Gasteiger partial charge in [-0.1, -0.05) is 35.9 Å². The molecular formula is C21H23NO5S. The lowest BCUT2D eigenvalue weighted by molar-refractivity contribution is -0.142. The van der Waals surface area contributed by atoms with E-state index in [-0.39, 0.29) is 6.61 Å². The van der Waals surface area contributed by atoms with Crippen LogP contribution in [-0.2, 0) is 19.1 Å². The Hall–Kier alpha value is -2.93. The molecule has 0 radical (unpaired) electrons. The van der Waals surface area contributed by atoms with Crippen molar-refractivity contribution in [2.24, 2.45) is 0 Å². The normalized spacial score (nSPS) is 10.7. The number of aryl methyl sites for hydroxylation is 2. The zero-order valence-corrected chi connectivity index (χ0v) is 17.1. The summed E-state index contributed by atoms with van der Waals surface area (Å²) in [4.78, 5) is 37.0. The number of benzene rings is 1. The van der Waals surface area contributed by atoms with Crippen LogP contribution in [0.15, 0.2) is 36.4 Å².